The summed E-state index contributed by atoms with van der Waals surface area (Å²) in [7, 11) is 1.98. The number of amidine groups is 1. The van der Waals surface area contributed by atoms with E-state index in [4.69, 9.17) is 11.1 Å². The fraction of sp³-hybridized carbons (Fsp3) is 0.214. The molecule has 0 aliphatic heterocycles. The highest BCUT2D eigenvalue weighted by Gasteiger charge is 2.09. The Morgan fingerprint density at radius 2 is 1.89 bits per heavy atom. The Morgan fingerprint density at radius 1 is 1.21 bits per heavy atom. The minimum absolute atomic E-state index is 0.0631. The molecule has 0 spiro atoms. The smallest absolute Gasteiger partial charge is 0.125 e. The van der Waals surface area contributed by atoms with Crippen LogP contribution in [0.4, 0.5) is 5.69 Å². The molecule has 0 aliphatic carbocycles. The standard InChI is InChI=1S/C14H17N5/c1-19(9-5-11-2-6-17-7-3-11)13-10-18-8-4-12(13)14(15)16/h2-4,6-8,10H,5,9H2,1H3,(H3,15,16). The van der Waals surface area contributed by atoms with Gasteiger partial charge in [-0.2, -0.15) is 0 Å². The molecule has 5 nitrogen and oxygen atoms in total. The van der Waals surface area contributed by atoms with Crippen LogP contribution in [0.3, 0.4) is 0 Å². The van der Waals surface area contributed by atoms with Gasteiger partial charge >= 0.3 is 0 Å². The number of hydrogen-bond donors (Lipinski definition) is 2. The first-order chi connectivity index (χ1) is 9.18. The number of nitrogens with one attached hydrogen (secondary N) is 1. The highest BCUT2D eigenvalue weighted by atomic mass is 15.1. The van der Waals surface area contributed by atoms with Gasteiger partial charge in [0.15, 0.2) is 0 Å². The lowest BCUT2D eigenvalue weighted by Gasteiger charge is -2.21. The lowest BCUT2D eigenvalue weighted by Crippen LogP contribution is -2.24. The molecule has 0 amide bonds. The molecule has 0 aromatic carbocycles. The lowest BCUT2D eigenvalue weighted by molar-refractivity contribution is 0.870. The summed E-state index contributed by atoms with van der Waals surface area (Å²) in [6.45, 7) is 0.829. The van der Waals surface area contributed by atoms with Gasteiger partial charge in [-0.15, -0.1) is 0 Å². The summed E-state index contributed by atoms with van der Waals surface area (Å²) in [5, 5.41) is 7.58. The van der Waals surface area contributed by atoms with Crippen LogP contribution in [0.1, 0.15) is 11.1 Å². The Labute approximate surface area is 112 Å². The molecule has 0 radical (unpaired) electrons. The Balaban J connectivity index is 2.08. The zero-order valence-electron chi connectivity index (χ0n) is 10.9. The SMILES string of the molecule is CN(CCc1ccncc1)c1cnccc1C(=N)N. The van der Waals surface area contributed by atoms with E-state index in [2.05, 4.69) is 14.9 Å². The van der Waals surface area contributed by atoms with Crippen LogP contribution in [0, 0.1) is 5.41 Å². The minimum Gasteiger partial charge on any atom is -0.384 e. The summed E-state index contributed by atoms with van der Waals surface area (Å²) < 4.78 is 0. The Hall–Kier alpha value is -2.43. The van der Waals surface area contributed by atoms with Crippen LogP contribution in [0.25, 0.3) is 0 Å². The second-order valence-electron chi connectivity index (χ2n) is 4.33. The largest absolute Gasteiger partial charge is 0.384 e. The number of anilines is 1. The van der Waals surface area contributed by atoms with Crippen molar-refractivity contribution in [2.75, 3.05) is 18.5 Å². The van der Waals surface area contributed by atoms with Crippen LogP contribution < -0.4 is 10.6 Å². The van der Waals surface area contributed by atoms with E-state index >= 15 is 0 Å². The summed E-state index contributed by atoms with van der Waals surface area (Å²) >= 11 is 0. The molecular formula is C14H17N5. The highest BCUT2D eigenvalue weighted by molar-refractivity contribution is 6.00. The second kappa shape index (κ2) is 5.95. The van der Waals surface area contributed by atoms with Crippen LogP contribution in [0.2, 0.25) is 0 Å². The van der Waals surface area contributed by atoms with Crippen molar-refractivity contribution in [3.05, 3.63) is 54.1 Å². The first-order valence-corrected chi connectivity index (χ1v) is 6.07. The molecule has 98 valence electrons. The number of rotatable bonds is 5. The summed E-state index contributed by atoms with van der Waals surface area (Å²) in [4.78, 5) is 10.2. The van der Waals surface area contributed by atoms with Crippen molar-refractivity contribution in [2.45, 2.75) is 6.42 Å². The maximum absolute atomic E-state index is 7.58. The molecule has 2 heterocycles. The lowest BCUT2D eigenvalue weighted by atomic mass is 10.1. The van der Waals surface area contributed by atoms with Crippen LogP contribution >= 0.6 is 0 Å². The van der Waals surface area contributed by atoms with Crippen molar-refractivity contribution in [2.24, 2.45) is 5.73 Å². The van der Waals surface area contributed by atoms with Crippen molar-refractivity contribution in [1.29, 1.82) is 5.41 Å². The molecule has 3 N–H and O–H groups in total. The van der Waals surface area contributed by atoms with E-state index in [9.17, 15) is 0 Å². The molecule has 0 atom stereocenters. The summed E-state index contributed by atoms with van der Waals surface area (Å²) in [5.74, 6) is 0.0631. The Morgan fingerprint density at radius 3 is 2.58 bits per heavy atom. The molecule has 0 saturated carbocycles. The molecule has 0 fully saturated rings. The quantitative estimate of drug-likeness (QED) is 0.626. The topological polar surface area (TPSA) is 78.9 Å². The molecule has 0 saturated heterocycles. The normalized spacial score (nSPS) is 10.2. The number of nitrogen functional groups attached to an aromatic ring is 1. The van der Waals surface area contributed by atoms with Gasteiger partial charge in [-0.05, 0) is 30.2 Å². The summed E-state index contributed by atoms with van der Waals surface area (Å²) in [6.07, 6.45) is 7.88. The van der Waals surface area contributed by atoms with E-state index in [-0.39, 0.29) is 5.84 Å². The average Bonchev–Trinajstić information content (AvgIpc) is 2.46. The van der Waals surface area contributed by atoms with Gasteiger partial charge < -0.3 is 10.6 Å². The fourth-order valence-electron chi connectivity index (χ4n) is 1.88. The monoisotopic (exact) mass is 255 g/mol. The number of nitrogens with zero attached hydrogens (tertiary/aromatic N) is 3. The number of pyridine rings is 2. The summed E-state index contributed by atoms with van der Waals surface area (Å²) in [5.41, 5.74) is 8.41. The number of nitrogens with two attached hydrogens (primary N) is 1. The van der Waals surface area contributed by atoms with Crippen LogP contribution in [0.5, 0.6) is 0 Å². The second-order valence-corrected chi connectivity index (χ2v) is 4.33. The first-order valence-electron chi connectivity index (χ1n) is 6.07. The molecule has 19 heavy (non-hydrogen) atoms. The minimum atomic E-state index is 0.0631. The van der Waals surface area contributed by atoms with E-state index in [1.807, 2.05) is 19.2 Å². The summed E-state index contributed by atoms with van der Waals surface area (Å²) in [6, 6.07) is 5.77. The van der Waals surface area contributed by atoms with Crippen LogP contribution in [-0.4, -0.2) is 29.4 Å². The van der Waals surface area contributed by atoms with Crippen molar-refractivity contribution >= 4 is 11.5 Å². The molecule has 0 unspecified atom stereocenters. The first kappa shape index (κ1) is 13.0. The molecule has 2 rings (SSSR count). The van der Waals surface area contributed by atoms with Gasteiger partial charge in [0.1, 0.15) is 5.84 Å². The Kier molecular flexibility index (Phi) is 4.07. The van der Waals surface area contributed by atoms with E-state index in [0.717, 1.165) is 18.7 Å². The van der Waals surface area contributed by atoms with E-state index in [1.54, 1.807) is 30.9 Å². The molecule has 0 aliphatic rings. The maximum Gasteiger partial charge on any atom is 0.125 e. The zero-order valence-corrected chi connectivity index (χ0v) is 10.9. The van der Waals surface area contributed by atoms with Gasteiger partial charge in [0.25, 0.3) is 0 Å². The predicted molar refractivity (Wildman–Crippen MR) is 76.5 cm³/mol. The molecule has 5 heteroatoms. The molecule has 2 aromatic rings. The van der Waals surface area contributed by atoms with Crippen molar-refractivity contribution in [3.8, 4) is 0 Å². The average molecular weight is 255 g/mol. The van der Waals surface area contributed by atoms with Crippen LogP contribution in [-0.2, 0) is 6.42 Å². The molecular weight excluding hydrogens is 238 g/mol. The third-order valence-corrected chi connectivity index (χ3v) is 2.99. The van der Waals surface area contributed by atoms with Gasteiger partial charge in [-0.3, -0.25) is 15.4 Å². The van der Waals surface area contributed by atoms with E-state index in [0.29, 0.717) is 5.56 Å². The van der Waals surface area contributed by atoms with Gasteiger partial charge in [0.2, 0.25) is 0 Å². The Bertz CT molecular complexity index is 553. The zero-order chi connectivity index (χ0) is 13.7. The predicted octanol–water partition coefficient (Wildman–Crippen LogP) is 1.44. The fourth-order valence-corrected chi connectivity index (χ4v) is 1.88. The third kappa shape index (κ3) is 3.28. The third-order valence-electron chi connectivity index (χ3n) is 2.99. The molecule has 0 bridgehead atoms. The van der Waals surface area contributed by atoms with E-state index in [1.165, 1.54) is 5.56 Å². The maximum atomic E-state index is 7.58. The van der Waals surface area contributed by atoms with Crippen molar-refractivity contribution < 1.29 is 0 Å². The number of hydrogen-bond acceptors (Lipinski definition) is 4. The van der Waals surface area contributed by atoms with Gasteiger partial charge in [0.05, 0.1) is 11.9 Å². The van der Waals surface area contributed by atoms with E-state index < -0.39 is 0 Å². The van der Waals surface area contributed by atoms with Crippen molar-refractivity contribution in [1.82, 2.24) is 9.97 Å². The van der Waals surface area contributed by atoms with Gasteiger partial charge in [-0.1, -0.05) is 0 Å². The highest BCUT2D eigenvalue weighted by Crippen LogP contribution is 2.17. The van der Waals surface area contributed by atoms with Crippen LogP contribution in [0.15, 0.2) is 43.0 Å². The van der Waals surface area contributed by atoms with Crippen molar-refractivity contribution in [3.63, 3.8) is 0 Å². The van der Waals surface area contributed by atoms with Gasteiger partial charge in [-0.25, -0.2) is 0 Å². The number of likely N-dealkylation sites (N-methyl/N-ethyl adjacent to an activating group) is 1. The molecule has 2 aromatic heterocycles. The number of aromatic nitrogens is 2. The van der Waals surface area contributed by atoms with Gasteiger partial charge in [0, 0.05) is 37.7 Å².